The van der Waals surface area contributed by atoms with E-state index in [0.29, 0.717) is 18.7 Å². The number of nitrogens with zero attached hydrogens (tertiary/aromatic N) is 1. The van der Waals surface area contributed by atoms with Gasteiger partial charge in [-0.15, -0.1) is 0 Å². The van der Waals surface area contributed by atoms with E-state index in [0.717, 1.165) is 12.0 Å². The molecule has 2 aliphatic rings. The van der Waals surface area contributed by atoms with E-state index >= 15 is 0 Å². The number of fused-ring (bicyclic) bond motifs is 1. The predicted molar refractivity (Wildman–Crippen MR) is 142 cm³/mol. The zero-order valence-electron chi connectivity index (χ0n) is 21.9. The number of nitrogens with two attached hydrogens (primary N) is 1. The summed E-state index contributed by atoms with van der Waals surface area (Å²) in [6.45, 7) is 4.76. The molecule has 38 heavy (non-hydrogen) atoms. The topological polar surface area (TPSA) is 128 Å². The van der Waals surface area contributed by atoms with Crippen molar-refractivity contribution < 1.29 is 32.5 Å². The van der Waals surface area contributed by atoms with E-state index in [-0.39, 0.29) is 55.2 Å². The molecule has 0 aromatic heterocycles. The Morgan fingerprint density at radius 3 is 2.50 bits per heavy atom. The molecular weight excluding hydrogens is 508 g/mol. The van der Waals surface area contributed by atoms with Crippen LogP contribution in [0, 0.1) is 17.8 Å². The molecule has 0 bridgehead atoms. The van der Waals surface area contributed by atoms with E-state index in [2.05, 4.69) is 0 Å². The van der Waals surface area contributed by atoms with E-state index in [1.54, 1.807) is 0 Å². The highest BCUT2D eigenvalue weighted by Crippen LogP contribution is 2.33. The summed E-state index contributed by atoms with van der Waals surface area (Å²) in [5, 5.41) is 11.4. The number of sulfonamides is 1. The van der Waals surface area contributed by atoms with E-state index in [9.17, 15) is 18.3 Å². The molecule has 2 aromatic rings. The standard InChI is InChI=1S/C28H38N2O7S/c1-19(2)16-30(38(33,34)23-10-8-22(29)9-11-23)17-25(31)21(14-20-6-4-3-5-7-20)15-27(32)37-26-18-36-28-24(26)12-13-35-28/h3-11,19,21,24-26,28,31H,12-18,29H2,1-2H3. The van der Waals surface area contributed by atoms with Crippen LogP contribution in [0.2, 0.25) is 0 Å². The number of anilines is 1. The average Bonchev–Trinajstić information content (AvgIpc) is 3.49. The Hall–Kier alpha value is -2.50. The molecule has 5 unspecified atom stereocenters. The molecule has 3 N–H and O–H groups in total. The first-order valence-electron chi connectivity index (χ1n) is 13.1. The SMILES string of the molecule is CC(C)CN(CC(O)C(CC(=O)OC1COC2OCCC12)Cc1ccccc1)S(=O)(=O)c1ccc(N)cc1. The van der Waals surface area contributed by atoms with Gasteiger partial charge in [-0.05, 0) is 48.6 Å². The molecular formula is C28H38N2O7S. The first-order chi connectivity index (χ1) is 18.1. The van der Waals surface area contributed by atoms with Crippen LogP contribution in [0.3, 0.4) is 0 Å². The zero-order valence-corrected chi connectivity index (χ0v) is 22.8. The largest absolute Gasteiger partial charge is 0.459 e. The number of hydrogen-bond donors (Lipinski definition) is 2. The molecule has 2 heterocycles. The fourth-order valence-electron chi connectivity index (χ4n) is 5.06. The van der Waals surface area contributed by atoms with Crippen LogP contribution in [0.25, 0.3) is 0 Å². The molecule has 2 aliphatic heterocycles. The second-order valence-electron chi connectivity index (χ2n) is 10.6. The van der Waals surface area contributed by atoms with Crippen molar-refractivity contribution in [2.45, 2.75) is 56.5 Å². The Labute approximate surface area is 224 Å². The molecule has 0 amide bonds. The molecule has 9 nitrogen and oxygen atoms in total. The molecule has 0 saturated carbocycles. The lowest BCUT2D eigenvalue weighted by molar-refractivity contribution is -0.153. The van der Waals surface area contributed by atoms with E-state index in [1.165, 1.54) is 28.6 Å². The van der Waals surface area contributed by atoms with Crippen LogP contribution in [0.4, 0.5) is 5.69 Å². The first-order valence-corrected chi connectivity index (χ1v) is 14.6. The highest BCUT2D eigenvalue weighted by Gasteiger charge is 2.44. The normalized spacial score (nSPS) is 22.9. The number of aliphatic hydroxyl groups is 1. The van der Waals surface area contributed by atoms with Crippen LogP contribution in [0.1, 0.15) is 32.3 Å². The van der Waals surface area contributed by atoms with Gasteiger partial charge < -0.3 is 25.1 Å². The molecule has 10 heteroatoms. The van der Waals surface area contributed by atoms with Gasteiger partial charge in [-0.3, -0.25) is 4.79 Å². The highest BCUT2D eigenvalue weighted by atomic mass is 32.2. The second-order valence-corrected chi connectivity index (χ2v) is 12.5. The van der Waals surface area contributed by atoms with Crippen molar-refractivity contribution in [2.75, 3.05) is 32.0 Å². The molecule has 4 rings (SSSR count). The van der Waals surface area contributed by atoms with Crippen LogP contribution in [-0.2, 0) is 35.4 Å². The van der Waals surface area contributed by atoms with E-state index in [1.807, 2.05) is 44.2 Å². The van der Waals surface area contributed by atoms with Crippen molar-refractivity contribution in [3.8, 4) is 0 Å². The van der Waals surface area contributed by atoms with E-state index < -0.39 is 28.0 Å². The average molecular weight is 547 g/mol. The third-order valence-electron chi connectivity index (χ3n) is 7.06. The number of ether oxygens (including phenoxy) is 3. The first kappa shape index (κ1) is 28.5. The Balaban J connectivity index is 1.51. The zero-order chi connectivity index (χ0) is 27.3. The second kappa shape index (κ2) is 12.6. The Morgan fingerprint density at radius 2 is 1.82 bits per heavy atom. The van der Waals surface area contributed by atoms with Crippen molar-refractivity contribution in [1.29, 1.82) is 0 Å². The van der Waals surface area contributed by atoms with Gasteiger partial charge >= 0.3 is 5.97 Å². The van der Waals surface area contributed by atoms with Gasteiger partial charge in [0, 0.05) is 24.7 Å². The van der Waals surface area contributed by atoms with E-state index in [4.69, 9.17) is 19.9 Å². The quantitative estimate of drug-likeness (QED) is 0.307. The lowest BCUT2D eigenvalue weighted by Gasteiger charge is -2.30. The summed E-state index contributed by atoms with van der Waals surface area (Å²) < 4.78 is 45.2. The van der Waals surface area contributed by atoms with Crippen LogP contribution < -0.4 is 5.73 Å². The Kier molecular flexibility index (Phi) is 9.43. The fraction of sp³-hybridized carbons (Fsp3) is 0.536. The minimum atomic E-state index is -3.90. The van der Waals surface area contributed by atoms with Gasteiger partial charge in [-0.1, -0.05) is 44.2 Å². The maximum atomic E-state index is 13.5. The van der Waals surface area contributed by atoms with Crippen LogP contribution in [0.5, 0.6) is 0 Å². The molecule has 5 atom stereocenters. The summed E-state index contributed by atoms with van der Waals surface area (Å²) in [6, 6.07) is 15.5. The van der Waals surface area contributed by atoms with Gasteiger partial charge in [-0.2, -0.15) is 4.31 Å². The van der Waals surface area contributed by atoms with Crippen LogP contribution >= 0.6 is 0 Å². The van der Waals surface area contributed by atoms with Crippen LogP contribution in [-0.4, -0.2) is 68.6 Å². The van der Waals surface area contributed by atoms with Gasteiger partial charge in [0.05, 0.1) is 36.6 Å². The monoisotopic (exact) mass is 546 g/mol. The molecule has 0 radical (unpaired) electrons. The van der Waals surface area contributed by atoms with Crippen molar-refractivity contribution in [2.24, 2.45) is 17.8 Å². The maximum Gasteiger partial charge on any atom is 0.306 e. The maximum absolute atomic E-state index is 13.5. The van der Waals surface area contributed by atoms with Crippen molar-refractivity contribution in [3.05, 3.63) is 60.2 Å². The highest BCUT2D eigenvalue weighted by molar-refractivity contribution is 7.89. The molecule has 2 fully saturated rings. The summed E-state index contributed by atoms with van der Waals surface area (Å²) in [4.78, 5) is 13.1. The van der Waals surface area contributed by atoms with Gasteiger partial charge in [-0.25, -0.2) is 8.42 Å². The molecule has 0 spiro atoms. The number of nitrogen functional groups attached to an aromatic ring is 1. The van der Waals surface area contributed by atoms with Gasteiger partial charge in [0.25, 0.3) is 0 Å². The summed E-state index contributed by atoms with van der Waals surface area (Å²) in [5.41, 5.74) is 7.15. The third-order valence-corrected chi connectivity index (χ3v) is 8.90. The molecule has 2 aromatic carbocycles. The summed E-state index contributed by atoms with van der Waals surface area (Å²) in [7, 11) is -3.90. The van der Waals surface area contributed by atoms with Gasteiger partial charge in [0.15, 0.2) is 6.29 Å². The minimum absolute atomic E-state index is 0.0167. The third kappa shape index (κ3) is 7.12. The van der Waals surface area contributed by atoms with Crippen molar-refractivity contribution in [1.82, 2.24) is 4.31 Å². The molecule has 0 aliphatic carbocycles. The van der Waals surface area contributed by atoms with Gasteiger partial charge in [0.1, 0.15) is 6.10 Å². The summed E-state index contributed by atoms with van der Waals surface area (Å²) >= 11 is 0. The van der Waals surface area contributed by atoms with Crippen molar-refractivity contribution >= 4 is 21.7 Å². The minimum Gasteiger partial charge on any atom is -0.459 e. The smallest absolute Gasteiger partial charge is 0.306 e. The summed E-state index contributed by atoms with van der Waals surface area (Å²) in [5.74, 6) is -0.961. The Bertz CT molecular complexity index is 1160. The number of benzene rings is 2. The number of carbonyl (C=O) groups excluding carboxylic acids is 1. The van der Waals surface area contributed by atoms with Crippen LogP contribution in [0.15, 0.2) is 59.5 Å². The number of aliphatic hydroxyl groups excluding tert-OH is 1. The number of hydrogen-bond acceptors (Lipinski definition) is 8. The fourth-order valence-corrected chi connectivity index (χ4v) is 6.69. The number of carbonyl (C=O) groups is 1. The number of esters is 1. The Morgan fingerprint density at radius 1 is 1.11 bits per heavy atom. The number of rotatable bonds is 12. The lowest BCUT2D eigenvalue weighted by Crippen LogP contribution is -2.43. The predicted octanol–water partition coefficient (Wildman–Crippen LogP) is 2.83. The molecule has 2 saturated heterocycles. The lowest BCUT2D eigenvalue weighted by atomic mass is 9.90. The van der Waals surface area contributed by atoms with Gasteiger partial charge in [0.2, 0.25) is 10.0 Å². The molecule has 208 valence electrons. The summed E-state index contributed by atoms with van der Waals surface area (Å²) in [6.07, 6.45) is -0.708. The van der Waals surface area contributed by atoms with Crippen molar-refractivity contribution in [3.63, 3.8) is 0 Å².